The molecule has 0 unspecified atom stereocenters. The number of imide groups is 1. The Kier molecular flexibility index (Phi) is 6.23. The fourth-order valence-corrected chi connectivity index (χ4v) is 4.26. The van der Waals surface area contributed by atoms with E-state index in [0.29, 0.717) is 22.3 Å². The molecule has 0 atom stereocenters. The highest BCUT2D eigenvalue weighted by molar-refractivity contribution is 7.14. The molecule has 1 aliphatic heterocycles. The molecule has 3 aromatic rings. The van der Waals surface area contributed by atoms with Crippen LogP contribution < -0.4 is 14.8 Å². The summed E-state index contributed by atoms with van der Waals surface area (Å²) in [6, 6.07) is 9.19. The highest BCUT2D eigenvalue weighted by Crippen LogP contribution is 2.34. The second kappa shape index (κ2) is 9.27. The summed E-state index contributed by atoms with van der Waals surface area (Å²) in [4.78, 5) is 53.3. The van der Waals surface area contributed by atoms with Crippen LogP contribution in [0.4, 0.5) is 10.8 Å². The van der Waals surface area contributed by atoms with E-state index >= 15 is 0 Å². The number of anilines is 1. The van der Waals surface area contributed by atoms with Crippen LogP contribution in [0.3, 0.4) is 0 Å². The predicted octanol–water partition coefficient (Wildman–Crippen LogP) is 3.36. The lowest BCUT2D eigenvalue weighted by Gasteiger charge is -2.12. The van der Waals surface area contributed by atoms with Gasteiger partial charge in [0.1, 0.15) is 5.56 Å². The summed E-state index contributed by atoms with van der Waals surface area (Å²) in [5.74, 6) is -0.792. The first-order valence-electron chi connectivity index (χ1n) is 9.95. The number of hydrogen-bond donors (Lipinski definition) is 1. The van der Waals surface area contributed by atoms with Crippen LogP contribution in [0.25, 0.3) is 11.3 Å². The number of aromatic nitrogens is 1. The fourth-order valence-electron chi connectivity index (χ4n) is 3.53. The molecule has 1 aliphatic rings. The average molecular weight is 482 g/mol. The molecular weight excluding hydrogens is 464 g/mol. The Morgan fingerprint density at radius 2 is 1.91 bits per heavy atom. The van der Waals surface area contributed by atoms with Crippen molar-refractivity contribution in [1.29, 1.82) is 0 Å². The van der Waals surface area contributed by atoms with E-state index in [9.17, 15) is 24.5 Å². The van der Waals surface area contributed by atoms with Crippen molar-refractivity contribution in [2.24, 2.45) is 0 Å². The first-order chi connectivity index (χ1) is 16.3. The van der Waals surface area contributed by atoms with E-state index in [2.05, 4.69) is 10.3 Å². The van der Waals surface area contributed by atoms with Crippen molar-refractivity contribution in [2.75, 3.05) is 26.1 Å². The third-order valence-corrected chi connectivity index (χ3v) is 5.92. The number of benzene rings is 2. The number of carbonyl (C=O) groups excluding carboxylic acids is 3. The Morgan fingerprint density at radius 1 is 1.15 bits per heavy atom. The second-order valence-corrected chi connectivity index (χ2v) is 7.98. The Bertz CT molecular complexity index is 1320. The molecule has 0 fully saturated rings. The summed E-state index contributed by atoms with van der Waals surface area (Å²) < 4.78 is 10.5. The number of fused-ring (bicyclic) bond motifs is 1. The van der Waals surface area contributed by atoms with E-state index in [1.807, 2.05) is 6.07 Å². The maximum absolute atomic E-state index is 12.6. The average Bonchev–Trinajstić information content (AvgIpc) is 3.39. The van der Waals surface area contributed by atoms with Gasteiger partial charge in [0.15, 0.2) is 16.6 Å². The van der Waals surface area contributed by atoms with Crippen molar-refractivity contribution in [3.05, 3.63) is 63.0 Å². The number of nitrogens with zero attached hydrogens (tertiary/aromatic N) is 3. The van der Waals surface area contributed by atoms with E-state index < -0.39 is 28.3 Å². The van der Waals surface area contributed by atoms with Crippen molar-refractivity contribution >= 4 is 39.9 Å². The van der Waals surface area contributed by atoms with Crippen LogP contribution in [-0.4, -0.2) is 53.3 Å². The molecule has 4 rings (SSSR count). The van der Waals surface area contributed by atoms with Crippen molar-refractivity contribution in [3.8, 4) is 22.8 Å². The van der Waals surface area contributed by atoms with E-state index in [0.717, 1.165) is 10.5 Å². The summed E-state index contributed by atoms with van der Waals surface area (Å²) in [7, 11) is 3.07. The van der Waals surface area contributed by atoms with E-state index in [1.54, 1.807) is 17.5 Å². The minimum absolute atomic E-state index is 0.0425. The van der Waals surface area contributed by atoms with Gasteiger partial charge in [-0.1, -0.05) is 6.07 Å². The molecule has 0 bridgehead atoms. The van der Waals surface area contributed by atoms with Gasteiger partial charge in [-0.2, -0.15) is 0 Å². The molecule has 12 heteroatoms. The summed E-state index contributed by atoms with van der Waals surface area (Å²) >= 11 is 1.21. The van der Waals surface area contributed by atoms with Crippen LogP contribution in [0.1, 0.15) is 27.1 Å². The zero-order valence-electron chi connectivity index (χ0n) is 18.1. The summed E-state index contributed by atoms with van der Waals surface area (Å²) in [5.41, 5.74) is 0.653. The van der Waals surface area contributed by atoms with Gasteiger partial charge in [0.2, 0.25) is 5.91 Å². The van der Waals surface area contributed by atoms with Crippen LogP contribution in [0.15, 0.2) is 41.8 Å². The van der Waals surface area contributed by atoms with Gasteiger partial charge in [0.05, 0.1) is 30.4 Å². The second-order valence-electron chi connectivity index (χ2n) is 7.12. The molecule has 0 saturated carbocycles. The zero-order valence-corrected chi connectivity index (χ0v) is 18.9. The lowest BCUT2D eigenvalue weighted by molar-refractivity contribution is -0.385. The number of nitro groups is 1. The van der Waals surface area contributed by atoms with E-state index in [1.165, 1.54) is 43.8 Å². The normalized spacial score (nSPS) is 12.5. The summed E-state index contributed by atoms with van der Waals surface area (Å²) in [6.07, 6.45) is -0.190. The minimum atomic E-state index is -0.787. The maximum atomic E-state index is 12.6. The summed E-state index contributed by atoms with van der Waals surface area (Å²) in [5, 5.41) is 15.9. The van der Waals surface area contributed by atoms with Gasteiger partial charge in [0, 0.05) is 30.0 Å². The third-order valence-electron chi connectivity index (χ3n) is 5.17. The molecule has 174 valence electrons. The first-order valence-corrected chi connectivity index (χ1v) is 10.8. The van der Waals surface area contributed by atoms with Gasteiger partial charge >= 0.3 is 0 Å². The number of hydrogen-bond acceptors (Lipinski definition) is 9. The lowest BCUT2D eigenvalue weighted by atomic mass is 10.1. The van der Waals surface area contributed by atoms with Crippen molar-refractivity contribution in [3.63, 3.8) is 0 Å². The number of methoxy groups -OCH3 is 2. The van der Waals surface area contributed by atoms with Gasteiger partial charge in [-0.3, -0.25) is 29.4 Å². The van der Waals surface area contributed by atoms with E-state index in [-0.39, 0.29) is 24.1 Å². The maximum Gasteiger partial charge on any atom is 0.282 e. The smallest absolute Gasteiger partial charge is 0.282 e. The van der Waals surface area contributed by atoms with Gasteiger partial charge in [-0.15, -0.1) is 11.3 Å². The standard InChI is InChI=1S/C22H18N4O7S/c1-32-16-7-6-12(10-17(16)33-2)14-11-34-22(23-14)24-18(27)8-9-25-20(28)13-4-3-5-15(26(30)31)19(13)21(25)29/h3-7,10-11H,8-9H2,1-2H3,(H,23,24,27). The largest absolute Gasteiger partial charge is 0.493 e. The Labute approximate surface area is 197 Å². The highest BCUT2D eigenvalue weighted by atomic mass is 32.1. The molecule has 1 aromatic heterocycles. The Balaban J connectivity index is 1.41. The topological polar surface area (TPSA) is 141 Å². The number of rotatable bonds is 8. The lowest BCUT2D eigenvalue weighted by Crippen LogP contribution is -2.33. The zero-order chi connectivity index (χ0) is 24.4. The van der Waals surface area contributed by atoms with Gasteiger partial charge in [-0.05, 0) is 24.3 Å². The minimum Gasteiger partial charge on any atom is -0.493 e. The van der Waals surface area contributed by atoms with Crippen LogP contribution in [0.5, 0.6) is 11.5 Å². The number of ether oxygens (including phenoxy) is 2. The Hall–Kier alpha value is -4.32. The highest BCUT2D eigenvalue weighted by Gasteiger charge is 2.40. The quantitative estimate of drug-likeness (QED) is 0.293. The SMILES string of the molecule is COc1ccc(-c2csc(NC(=O)CCN3C(=O)c4cccc([N+](=O)[O-])c4C3=O)n2)cc1OC. The molecule has 2 heterocycles. The molecule has 34 heavy (non-hydrogen) atoms. The molecule has 0 saturated heterocycles. The number of thiazole rings is 1. The molecule has 2 aromatic carbocycles. The fraction of sp³-hybridized carbons (Fsp3) is 0.182. The third kappa shape index (κ3) is 4.18. The van der Waals surface area contributed by atoms with Crippen LogP contribution in [0, 0.1) is 10.1 Å². The monoisotopic (exact) mass is 482 g/mol. The van der Waals surface area contributed by atoms with Gasteiger partial charge in [-0.25, -0.2) is 4.98 Å². The molecule has 1 N–H and O–H groups in total. The van der Waals surface area contributed by atoms with Gasteiger partial charge < -0.3 is 14.8 Å². The number of carbonyl (C=O) groups is 3. The summed E-state index contributed by atoms with van der Waals surface area (Å²) in [6.45, 7) is -0.219. The van der Waals surface area contributed by atoms with E-state index in [4.69, 9.17) is 9.47 Å². The van der Waals surface area contributed by atoms with Crippen LogP contribution >= 0.6 is 11.3 Å². The van der Waals surface area contributed by atoms with Crippen LogP contribution in [0.2, 0.25) is 0 Å². The molecule has 0 aliphatic carbocycles. The first kappa shape index (κ1) is 22.9. The van der Waals surface area contributed by atoms with Crippen molar-refractivity contribution in [2.45, 2.75) is 6.42 Å². The molecule has 0 spiro atoms. The van der Waals surface area contributed by atoms with Crippen molar-refractivity contribution in [1.82, 2.24) is 9.88 Å². The molecule has 0 radical (unpaired) electrons. The van der Waals surface area contributed by atoms with Gasteiger partial charge in [0.25, 0.3) is 17.5 Å². The molecule has 3 amide bonds. The Morgan fingerprint density at radius 3 is 2.62 bits per heavy atom. The van der Waals surface area contributed by atoms with Crippen LogP contribution in [-0.2, 0) is 4.79 Å². The number of nitro benzene ring substituents is 1. The number of amides is 3. The predicted molar refractivity (Wildman–Crippen MR) is 122 cm³/mol. The molecule has 11 nitrogen and oxygen atoms in total. The molecular formula is C22H18N4O7S. The number of nitrogens with one attached hydrogen (secondary N) is 1. The van der Waals surface area contributed by atoms with Crippen molar-refractivity contribution < 1.29 is 28.8 Å².